The Balaban J connectivity index is 1.81. The fraction of sp³-hybridized carbons (Fsp3) is 0.667. The van der Waals surface area contributed by atoms with Gasteiger partial charge in [0.05, 0.1) is 11.3 Å². The number of hydrogen-bond donors (Lipinski definition) is 0. The van der Waals surface area contributed by atoms with Crippen molar-refractivity contribution in [2.75, 3.05) is 19.3 Å². The summed E-state index contributed by atoms with van der Waals surface area (Å²) in [7, 11) is -3.49. The maximum absolute atomic E-state index is 12.5. The third-order valence-corrected chi connectivity index (χ3v) is 4.90. The number of carbonyl (C=O) groups excluding carboxylic acids is 2. The minimum Gasteiger partial charge on any atom is -0.460 e. The van der Waals surface area contributed by atoms with E-state index in [4.69, 9.17) is 4.74 Å². The molecule has 0 radical (unpaired) electrons. The van der Waals surface area contributed by atoms with Crippen molar-refractivity contribution >= 4 is 21.7 Å². The van der Waals surface area contributed by atoms with Gasteiger partial charge in [-0.1, -0.05) is 6.42 Å². The van der Waals surface area contributed by atoms with E-state index in [1.165, 1.54) is 6.20 Å². The lowest BCUT2D eigenvalue weighted by Gasteiger charge is -2.27. The SMILES string of the molecule is CC(C)(C)OC(=O)CCCCCN1CCc2nc(S(C)(=O)=O)ncc2C1=O. The van der Waals surface area contributed by atoms with Gasteiger partial charge >= 0.3 is 5.97 Å². The van der Waals surface area contributed by atoms with E-state index in [0.717, 1.165) is 19.1 Å². The number of nitrogens with zero attached hydrogens (tertiary/aromatic N) is 3. The highest BCUT2D eigenvalue weighted by molar-refractivity contribution is 7.90. The van der Waals surface area contributed by atoms with E-state index < -0.39 is 15.4 Å². The predicted molar refractivity (Wildman–Crippen MR) is 99.1 cm³/mol. The summed E-state index contributed by atoms with van der Waals surface area (Å²) >= 11 is 0. The summed E-state index contributed by atoms with van der Waals surface area (Å²) in [6.07, 6.45) is 5.54. The van der Waals surface area contributed by atoms with Crippen LogP contribution >= 0.6 is 0 Å². The van der Waals surface area contributed by atoms with E-state index in [0.29, 0.717) is 43.6 Å². The zero-order chi connectivity index (χ0) is 20.2. The normalized spacial score (nSPS) is 14.8. The summed E-state index contributed by atoms with van der Waals surface area (Å²) in [6.45, 7) is 6.60. The maximum atomic E-state index is 12.5. The number of ether oxygens (including phenoxy) is 1. The lowest BCUT2D eigenvalue weighted by Crippen LogP contribution is -2.39. The molecule has 8 nitrogen and oxygen atoms in total. The highest BCUT2D eigenvalue weighted by atomic mass is 32.2. The first-order valence-electron chi connectivity index (χ1n) is 9.04. The Hall–Kier alpha value is -2.03. The van der Waals surface area contributed by atoms with Crippen LogP contribution in [0.5, 0.6) is 0 Å². The number of rotatable bonds is 7. The molecular weight excluding hydrogens is 370 g/mol. The zero-order valence-electron chi connectivity index (χ0n) is 16.3. The lowest BCUT2D eigenvalue weighted by atomic mass is 10.1. The van der Waals surface area contributed by atoms with E-state index in [1.54, 1.807) is 4.90 Å². The van der Waals surface area contributed by atoms with E-state index in [9.17, 15) is 18.0 Å². The van der Waals surface area contributed by atoms with Crippen LogP contribution in [0, 0.1) is 0 Å². The number of aromatic nitrogens is 2. The molecule has 0 saturated heterocycles. The van der Waals surface area contributed by atoms with Crippen LogP contribution in [-0.4, -0.2) is 60.1 Å². The highest BCUT2D eigenvalue weighted by Crippen LogP contribution is 2.19. The summed E-state index contributed by atoms with van der Waals surface area (Å²) in [5.41, 5.74) is 0.378. The summed E-state index contributed by atoms with van der Waals surface area (Å²) < 4.78 is 28.3. The Kier molecular flexibility index (Phi) is 6.56. The molecule has 0 aromatic carbocycles. The highest BCUT2D eigenvalue weighted by Gasteiger charge is 2.27. The molecule has 1 aromatic heterocycles. The number of sulfone groups is 1. The van der Waals surface area contributed by atoms with Crippen LogP contribution in [0.3, 0.4) is 0 Å². The van der Waals surface area contributed by atoms with Gasteiger partial charge in [-0.25, -0.2) is 18.4 Å². The fourth-order valence-electron chi connectivity index (χ4n) is 2.81. The molecule has 0 unspecified atom stereocenters. The first kappa shape index (κ1) is 21.3. The zero-order valence-corrected chi connectivity index (χ0v) is 17.1. The largest absolute Gasteiger partial charge is 0.460 e. The van der Waals surface area contributed by atoms with Gasteiger partial charge in [0.25, 0.3) is 5.91 Å². The minimum absolute atomic E-state index is 0.177. The van der Waals surface area contributed by atoms with Crippen molar-refractivity contribution in [2.24, 2.45) is 0 Å². The van der Waals surface area contributed by atoms with Gasteiger partial charge in [0.2, 0.25) is 15.0 Å². The molecule has 1 aliphatic rings. The molecule has 2 rings (SSSR count). The van der Waals surface area contributed by atoms with Gasteiger partial charge in [0.15, 0.2) is 0 Å². The van der Waals surface area contributed by atoms with Gasteiger partial charge in [-0.2, -0.15) is 0 Å². The molecule has 1 aliphatic heterocycles. The van der Waals surface area contributed by atoms with Crippen molar-refractivity contribution in [1.29, 1.82) is 0 Å². The molecule has 0 atom stereocenters. The molecule has 9 heteroatoms. The topological polar surface area (TPSA) is 107 Å². The number of amides is 1. The second kappa shape index (κ2) is 8.33. The van der Waals surface area contributed by atoms with Crippen LogP contribution in [0.2, 0.25) is 0 Å². The maximum Gasteiger partial charge on any atom is 0.306 e. The lowest BCUT2D eigenvalue weighted by molar-refractivity contribution is -0.154. The first-order valence-corrected chi connectivity index (χ1v) is 10.9. The van der Waals surface area contributed by atoms with Gasteiger partial charge in [-0.15, -0.1) is 0 Å². The van der Waals surface area contributed by atoms with Crippen LogP contribution < -0.4 is 0 Å². The van der Waals surface area contributed by atoms with Crippen LogP contribution in [0.4, 0.5) is 0 Å². The Bertz CT molecular complexity index is 815. The van der Waals surface area contributed by atoms with E-state index in [2.05, 4.69) is 9.97 Å². The van der Waals surface area contributed by atoms with Crippen molar-refractivity contribution in [3.8, 4) is 0 Å². The van der Waals surface area contributed by atoms with Gasteiger partial charge in [-0.05, 0) is 33.6 Å². The number of carbonyl (C=O) groups is 2. The molecule has 27 heavy (non-hydrogen) atoms. The monoisotopic (exact) mass is 397 g/mol. The van der Waals surface area contributed by atoms with Crippen LogP contribution in [0.15, 0.2) is 11.4 Å². The van der Waals surface area contributed by atoms with Crippen molar-refractivity contribution in [1.82, 2.24) is 14.9 Å². The van der Waals surface area contributed by atoms with Crippen molar-refractivity contribution in [3.05, 3.63) is 17.5 Å². The van der Waals surface area contributed by atoms with Crippen LogP contribution in [-0.2, 0) is 25.8 Å². The molecule has 0 bridgehead atoms. The van der Waals surface area contributed by atoms with E-state index in [1.807, 2.05) is 20.8 Å². The second-order valence-electron chi connectivity index (χ2n) is 7.72. The Morgan fingerprint density at radius 2 is 1.96 bits per heavy atom. The third kappa shape index (κ3) is 6.27. The van der Waals surface area contributed by atoms with Gasteiger partial charge in [-0.3, -0.25) is 9.59 Å². The number of hydrogen-bond acceptors (Lipinski definition) is 7. The number of unbranched alkanes of at least 4 members (excludes halogenated alkanes) is 2. The molecule has 0 spiro atoms. The van der Waals surface area contributed by atoms with Gasteiger partial charge < -0.3 is 9.64 Å². The van der Waals surface area contributed by atoms with E-state index in [-0.39, 0.29) is 17.0 Å². The number of esters is 1. The molecule has 0 aliphatic carbocycles. The Morgan fingerprint density at radius 1 is 1.26 bits per heavy atom. The fourth-order valence-corrected chi connectivity index (χ4v) is 3.33. The third-order valence-electron chi connectivity index (χ3n) is 4.04. The number of fused-ring (bicyclic) bond motifs is 1. The minimum atomic E-state index is -3.49. The molecule has 0 saturated carbocycles. The summed E-state index contributed by atoms with van der Waals surface area (Å²) in [4.78, 5) is 33.8. The van der Waals surface area contributed by atoms with Crippen molar-refractivity contribution in [2.45, 2.75) is 63.6 Å². The van der Waals surface area contributed by atoms with Gasteiger partial charge in [0.1, 0.15) is 5.60 Å². The Labute approximate surface area is 160 Å². The average Bonchev–Trinajstić information content (AvgIpc) is 2.53. The quantitative estimate of drug-likeness (QED) is 0.392. The standard InChI is InChI=1S/C18H27N3O5S/c1-18(2,3)26-15(22)8-6-5-7-10-21-11-9-14-13(16(21)23)12-19-17(20-14)27(4,24)25/h12H,5-11H2,1-4H3. The first-order chi connectivity index (χ1) is 12.5. The molecule has 150 valence electrons. The molecule has 2 heterocycles. The predicted octanol–water partition coefficient (Wildman–Crippen LogP) is 1.78. The molecular formula is C18H27N3O5S. The Morgan fingerprint density at radius 3 is 2.59 bits per heavy atom. The van der Waals surface area contributed by atoms with Crippen molar-refractivity contribution < 1.29 is 22.7 Å². The summed E-state index contributed by atoms with van der Waals surface area (Å²) in [5, 5.41) is -0.246. The molecule has 1 aromatic rings. The molecule has 1 amide bonds. The van der Waals surface area contributed by atoms with Gasteiger partial charge in [0, 0.05) is 38.4 Å². The van der Waals surface area contributed by atoms with Crippen molar-refractivity contribution in [3.63, 3.8) is 0 Å². The summed E-state index contributed by atoms with van der Waals surface area (Å²) in [5.74, 6) is -0.382. The van der Waals surface area contributed by atoms with E-state index >= 15 is 0 Å². The second-order valence-corrected chi connectivity index (χ2v) is 9.63. The smallest absolute Gasteiger partial charge is 0.306 e. The summed E-state index contributed by atoms with van der Waals surface area (Å²) in [6, 6.07) is 0. The molecule has 0 N–H and O–H groups in total. The average molecular weight is 397 g/mol. The van der Waals surface area contributed by atoms with Crippen LogP contribution in [0.1, 0.15) is 62.5 Å². The molecule has 0 fully saturated rings. The van der Waals surface area contributed by atoms with Crippen LogP contribution in [0.25, 0.3) is 0 Å².